The SMILES string of the molecule is CC(C)(C)CC(=O)N[C@@H](CC(=O)OC(C)(C)C)C(=O)O. The van der Waals surface area contributed by atoms with Crippen LogP contribution in [-0.4, -0.2) is 34.6 Å². The summed E-state index contributed by atoms with van der Waals surface area (Å²) in [6, 6.07) is -1.26. The molecule has 0 aliphatic heterocycles. The van der Waals surface area contributed by atoms with Gasteiger partial charge in [0.25, 0.3) is 0 Å². The summed E-state index contributed by atoms with van der Waals surface area (Å²) in [5.41, 5.74) is -0.936. The average molecular weight is 287 g/mol. The number of carbonyl (C=O) groups is 3. The third-order valence-electron chi connectivity index (χ3n) is 2.12. The maximum atomic E-state index is 11.7. The molecular formula is C14H25NO5. The maximum absolute atomic E-state index is 11.7. The molecule has 0 aromatic rings. The molecule has 1 amide bonds. The summed E-state index contributed by atoms with van der Waals surface area (Å²) < 4.78 is 5.05. The first-order valence-corrected chi connectivity index (χ1v) is 6.54. The Morgan fingerprint density at radius 2 is 1.60 bits per heavy atom. The van der Waals surface area contributed by atoms with E-state index in [1.54, 1.807) is 20.8 Å². The van der Waals surface area contributed by atoms with Crippen LogP contribution in [0.15, 0.2) is 0 Å². The van der Waals surface area contributed by atoms with Crippen LogP contribution in [0.4, 0.5) is 0 Å². The van der Waals surface area contributed by atoms with Crippen LogP contribution in [0.25, 0.3) is 0 Å². The lowest BCUT2D eigenvalue weighted by Crippen LogP contribution is -2.44. The number of nitrogens with one attached hydrogen (secondary N) is 1. The summed E-state index contributed by atoms with van der Waals surface area (Å²) in [5.74, 6) is -2.30. The van der Waals surface area contributed by atoms with Crippen LogP contribution in [0.5, 0.6) is 0 Å². The zero-order chi connectivity index (χ0) is 16.1. The molecule has 6 nitrogen and oxygen atoms in total. The molecule has 0 fully saturated rings. The molecule has 0 rings (SSSR count). The zero-order valence-corrected chi connectivity index (χ0v) is 13.1. The number of hydrogen-bond donors (Lipinski definition) is 2. The average Bonchev–Trinajstić information content (AvgIpc) is 2.09. The van der Waals surface area contributed by atoms with E-state index in [1.165, 1.54) is 0 Å². The van der Waals surface area contributed by atoms with Crippen LogP contribution in [-0.2, 0) is 19.1 Å². The van der Waals surface area contributed by atoms with Crippen LogP contribution in [0, 0.1) is 5.41 Å². The molecule has 0 aromatic heterocycles. The predicted octanol–water partition coefficient (Wildman–Crippen LogP) is 1.72. The Bertz CT molecular complexity index is 346. The van der Waals surface area contributed by atoms with Gasteiger partial charge in [0.2, 0.25) is 5.91 Å². The van der Waals surface area contributed by atoms with Crippen LogP contribution < -0.4 is 5.32 Å². The minimum absolute atomic E-state index is 0.186. The summed E-state index contributed by atoms with van der Waals surface area (Å²) in [7, 11) is 0. The molecule has 0 bridgehead atoms. The molecule has 0 aliphatic carbocycles. The fourth-order valence-electron chi connectivity index (χ4n) is 1.48. The second kappa shape index (κ2) is 6.72. The molecule has 0 unspecified atom stereocenters. The minimum Gasteiger partial charge on any atom is -0.480 e. The number of amides is 1. The number of rotatable bonds is 5. The van der Waals surface area contributed by atoms with E-state index >= 15 is 0 Å². The molecule has 2 N–H and O–H groups in total. The number of carboxylic acids is 1. The number of aliphatic carboxylic acids is 1. The van der Waals surface area contributed by atoms with Gasteiger partial charge in [-0.05, 0) is 26.2 Å². The molecule has 0 saturated heterocycles. The minimum atomic E-state index is -1.26. The van der Waals surface area contributed by atoms with Gasteiger partial charge in [0.1, 0.15) is 11.6 Å². The first-order valence-electron chi connectivity index (χ1n) is 6.54. The number of carbonyl (C=O) groups excluding carboxylic acids is 2. The predicted molar refractivity (Wildman–Crippen MR) is 74.1 cm³/mol. The second-order valence-electron chi connectivity index (χ2n) is 6.99. The van der Waals surface area contributed by atoms with E-state index in [2.05, 4.69) is 5.32 Å². The van der Waals surface area contributed by atoms with Gasteiger partial charge in [-0.25, -0.2) is 4.79 Å². The van der Waals surface area contributed by atoms with Crippen molar-refractivity contribution in [2.45, 2.75) is 66.0 Å². The summed E-state index contributed by atoms with van der Waals surface area (Å²) in [6.07, 6.45) is -0.201. The zero-order valence-electron chi connectivity index (χ0n) is 13.1. The molecule has 0 aromatic carbocycles. The fraction of sp³-hybridized carbons (Fsp3) is 0.786. The molecule has 0 radical (unpaired) electrons. The highest BCUT2D eigenvalue weighted by Crippen LogP contribution is 2.18. The smallest absolute Gasteiger partial charge is 0.326 e. The normalized spacial score (nSPS) is 13.5. The number of carboxylic acid groups (broad SMARTS) is 1. The highest BCUT2D eigenvalue weighted by atomic mass is 16.6. The summed E-state index contributed by atoms with van der Waals surface area (Å²) in [6.45, 7) is 10.7. The Hall–Kier alpha value is -1.59. The quantitative estimate of drug-likeness (QED) is 0.751. The van der Waals surface area contributed by atoms with Crippen molar-refractivity contribution in [1.29, 1.82) is 0 Å². The molecule has 0 heterocycles. The van der Waals surface area contributed by atoms with Crippen molar-refractivity contribution in [2.24, 2.45) is 5.41 Å². The van der Waals surface area contributed by atoms with Gasteiger partial charge in [-0.2, -0.15) is 0 Å². The van der Waals surface area contributed by atoms with Crippen LogP contribution in [0.3, 0.4) is 0 Å². The summed E-state index contributed by atoms with van der Waals surface area (Å²) >= 11 is 0. The van der Waals surface area contributed by atoms with Crippen molar-refractivity contribution in [3.05, 3.63) is 0 Å². The Kier molecular flexibility index (Phi) is 6.19. The van der Waals surface area contributed by atoms with E-state index < -0.39 is 29.5 Å². The third kappa shape index (κ3) is 9.35. The van der Waals surface area contributed by atoms with Crippen molar-refractivity contribution in [1.82, 2.24) is 5.32 Å². The molecular weight excluding hydrogens is 262 g/mol. The van der Waals surface area contributed by atoms with Gasteiger partial charge in [0, 0.05) is 6.42 Å². The second-order valence-corrected chi connectivity index (χ2v) is 6.99. The van der Waals surface area contributed by atoms with E-state index in [0.29, 0.717) is 0 Å². The van der Waals surface area contributed by atoms with Crippen molar-refractivity contribution < 1.29 is 24.2 Å². The number of esters is 1. The third-order valence-corrected chi connectivity index (χ3v) is 2.12. The van der Waals surface area contributed by atoms with Crippen molar-refractivity contribution in [3.63, 3.8) is 0 Å². The van der Waals surface area contributed by atoms with Crippen LogP contribution in [0.1, 0.15) is 54.4 Å². The first kappa shape index (κ1) is 18.4. The Morgan fingerprint density at radius 3 is 1.95 bits per heavy atom. The topological polar surface area (TPSA) is 92.7 Å². The van der Waals surface area contributed by atoms with Gasteiger partial charge in [0.05, 0.1) is 6.42 Å². The van der Waals surface area contributed by atoms with Gasteiger partial charge < -0.3 is 15.2 Å². The molecule has 20 heavy (non-hydrogen) atoms. The first-order chi connectivity index (χ1) is 8.80. The molecule has 0 spiro atoms. The van der Waals surface area contributed by atoms with Crippen molar-refractivity contribution in [3.8, 4) is 0 Å². The highest BCUT2D eigenvalue weighted by Gasteiger charge is 2.27. The maximum Gasteiger partial charge on any atom is 0.326 e. The fourth-order valence-corrected chi connectivity index (χ4v) is 1.48. The van der Waals surface area contributed by atoms with Gasteiger partial charge in [-0.15, -0.1) is 0 Å². The molecule has 1 atom stereocenters. The van der Waals surface area contributed by atoms with E-state index in [0.717, 1.165) is 0 Å². The Balaban J connectivity index is 4.56. The van der Waals surface area contributed by atoms with Crippen LogP contribution >= 0.6 is 0 Å². The van der Waals surface area contributed by atoms with E-state index in [1.807, 2.05) is 20.8 Å². The molecule has 0 aliphatic rings. The van der Waals surface area contributed by atoms with Gasteiger partial charge in [-0.1, -0.05) is 20.8 Å². The lowest BCUT2D eigenvalue weighted by Gasteiger charge is -2.22. The van der Waals surface area contributed by atoms with E-state index in [4.69, 9.17) is 9.84 Å². The molecule has 116 valence electrons. The Labute approximate surface area is 119 Å². The van der Waals surface area contributed by atoms with Crippen molar-refractivity contribution >= 4 is 17.8 Å². The van der Waals surface area contributed by atoms with E-state index in [-0.39, 0.29) is 18.3 Å². The largest absolute Gasteiger partial charge is 0.480 e. The van der Waals surface area contributed by atoms with E-state index in [9.17, 15) is 14.4 Å². The van der Waals surface area contributed by atoms with Gasteiger partial charge in [-0.3, -0.25) is 9.59 Å². The van der Waals surface area contributed by atoms with Crippen LogP contribution in [0.2, 0.25) is 0 Å². The van der Waals surface area contributed by atoms with Gasteiger partial charge >= 0.3 is 11.9 Å². The van der Waals surface area contributed by atoms with Crippen molar-refractivity contribution in [2.75, 3.05) is 0 Å². The summed E-state index contributed by atoms with van der Waals surface area (Å²) in [5, 5.41) is 11.4. The molecule has 0 saturated carbocycles. The lowest BCUT2D eigenvalue weighted by atomic mass is 9.92. The molecule has 6 heteroatoms. The number of ether oxygens (including phenoxy) is 1. The van der Waals surface area contributed by atoms with Gasteiger partial charge in [0.15, 0.2) is 0 Å². The Morgan fingerprint density at radius 1 is 1.10 bits per heavy atom. The highest BCUT2D eigenvalue weighted by molar-refractivity contribution is 5.87. The lowest BCUT2D eigenvalue weighted by molar-refractivity contribution is -0.158. The summed E-state index contributed by atoms with van der Waals surface area (Å²) in [4.78, 5) is 34.4. The monoisotopic (exact) mass is 287 g/mol. The number of hydrogen-bond acceptors (Lipinski definition) is 4. The standard InChI is InChI=1S/C14H25NO5/c1-13(2,3)8-10(16)15-9(12(18)19)7-11(17)20-14(4,5)6/h9H,7-8H2,1-6H3,(H,15,16)(H,18,19)/t9-/m0/s1.